The van der Waals surface area contributed by atoms with Crippen LogP contribution in [0.3, 0.4) is 0 Å². The maximum atomic E-state index is 5.57. The van der Waals surface area contributed by atoms with Crippen molar-refractivity contribution < 1.29 is 0 Å². The molecule has 0 fully saturated rings. The highest BCUT2D eigenvalue weighted by Crippen LogP contribution is 2.13. The normalized spacial score (nSPS) is 10.4. The molecular formula is C9H11N5. The minimum atomic E-state index is 0.276. The van der Waals surface area contributed by atoms with Crippen molar-refractivity contribution in [1.82, 2.24) is 19.7 Å². The van der Waals surface area contributed by atoms with Crippen LogP contribution in [0.5, 0.6) is 0 Å². The fourth-order valence-electron chi connectivity index (χ4n) is 1.25. The first-order valence-electron chi connectivity index (χ1n) is 4.29. The predicted molar refractivity (Wildman–Crippen MR) is 53.0 cm³/mol. The second kappa shape index (κ2) is 3.10. The average molecular weight is 189 g/mol. The Bertz CT molecular complexity index is 446. The maximum Gasteiger partial charge on any atom is 0.222 e. The van der Waals surface area contributed by atoms with Gasteiger partial charge in [-0.2, -0.15) is 10.1 Å². The van der Waals surface area contributed by atoms with E-state index in [4.69, 9.17) is 5.73 Å². The van der Waals surface area contributed by atoms with Crippen molar-refractivity contribution in [3.8, 4) is 5.82 Å². The van der Waals surface area contributed by atoms with Crippen LogP contribution in [0.15, 0.2) is 18.5 Å². The topological polar surface area (TPSA) is 69.6 Å². The molecule has 0 aliphatic carbocycles. The number of hydrogen-bond donors (Lipinski definition) is 1. The second-order valence-electron chi connectivity index (χ2n) is 3.07. The lowest BCUT2D eigenvalue weighted by atomic mass is 10.2. The Labute approximate surface area is 81.6 Å². The van der Waals surface area contributed by atoms with Gasteiger partial charge in [-0.25, -0.2) is 9.67 Å². The van der Waals surface area contributed by atoms with E-state index >= 15 is 0 Å². The molecule has 2 aromatic rings. The van der Waals surface area contributed by atoms with Gasteiger partial charge >= 0.3 is 0 Å². The lowest BCUT2D eigenvalue weighted by Gasteiger charge is -2.07. The van der Waals surface area contributed by atoms with Gasteiger partial charge in [0, 0.05) is 23.7 Å². The number of nitrogens with zero attached hydrogens (tertiary/aromatic N) is 4. The van der Waals surface area contributed by atoms with Crippen LogP contribution in [-0.4, -0.2) is 19.7 Å². The molecule has 0 unspecified atom stereocenters. The van der Waals surface area contributed by atoms with E-state index in [0.717, 1.165) is 17.1 Å². The standard InChI is InChI=1S/C9H11N5/c1-6-7(2)12-9(10)13-8(6)14-5-3-4-11-14/h3-5H,1-2H3,(H2,10,12,13). The van der Waals surface area contributed by atoms with Gasteiger partial charge in [0.2, 0.25) is 5.95 Å². The molecule has 0 aromatic carbocycles. The number of nitrogen functional groups attached to an aromatic ring is 1. The largest absolute Gasteiger partial charge is 0.368 e. The van der Waals surface area contributed by atoms with E-state index in [2.05, 4.69) is 15.1 Å². The Morgan fingerprint density at radius 1 is 1.29 bits per heavy atom. The fraction of sp³-hybridized carbons (Fsp3) is 0.222. The number of rotatable bonds is 1. The summed E-state index contributed by atoms with van der Waals surface area (Å²) in [6, 6.07) is 1.84. The van der Waals surface area contributed by atoms with E-state index < -0.39 is 0 Å². The second-order valence-corrected chi connectivity index (χ2v) is 3.07. The molecule has 2 aromatic heterocycles. The third-order valence-electron chi connectivity index (χ3n) is 2.10. The molecule has 14 heavy (non-hydrogen) atoms. The van der Waals surface area contributed by atoms with E-state index in [9.17, 15) is 0 Å². The lowest BCUT2D eigenvalue weighted by Crippen LogP contribution is -2.07. The van der Waals surface area contributed by atoms with Crippen LogP contribution in [0, 0.1) is 13.8 Å². The molecule has 0 saturated carbocycles. The Morgan fingerprint density at radius 2 is 2.07 bits per heavy atom. The van der Waals surface area contributed by atoms with Crippen molar-refractivity contribution in [2.75, 3.05) is 5.73 Å². The molecule has 2 N–H and O–H groups in total. The summed E-state index contributed by atoms with van der Waals surface area (Å²) < 4.78 is 1.68. The van der Waals surface area contributed by atoms with E-state index in [-0.39, 0.29) is 5.95 Å². The molecule has 0 saturated heterocycles. The predicted octanol–water partition coefficient (Wildman–Crippen LogP) is 0.861. The highest BCUT2D eigenvalue weighted by Gasteiger charge is 2.07. The van der Waals surface area contributed by atoms with E-state index in [0.29, 0.717) is 0 Å². The van der Waals surface area contributed by atoms with E-state index in [1.807, 2.05) is 26.1 Å². The summed E-state index contributed by atoms with van der Waals surface area (Å²) in [4.78, 5) is 8.21. The zero-order valence-corrected chi connectivity index (χ0v) is 8.10. The van der Waals surface area contributed by atoms with Crippen LogP contribution in [-0.2, 0) is 0 Å². The average Bonchev–Trinajstić information content (AvgIpc) is 2.63. The third kappa shape index (κ3) is 1.32. The molecular weight excluding hydrogens is 178 g/mol. The summed E-state index contributed by atoms with van der Waals surface area (Å²) in [6.45, 7) is 3.85. The van der Waals surface area contributed by atoms with Crippen molar-refractivity contribution >= 4 is 5.95 Å². The van der Waals surface area contributed by atoms with Crippen molar-refractivity contribution in [3.05, 3.63) is 29.7 Å². The van der Waals surface area contributed by atoms with Crippen LogP contribution >= 0.6 is 0 Å². The van der Waals surface area contributed by atoms with Gasteiger partial charge in [0.25, 0.3) is 0 Å². The number of hydrogen-bond acceptors (Lipinski definition) is 4. The van der Waals surface area contributed by atoms with Crippen LogP contribution < -0.4 is 5.73 Å². The first-order valence-corrected chi connectivity index (χ1v) is 4.29. The molecule has 0 aliphatic rings. The molecule has 0 spiro atoms. The SMILES string of the molecule is Cc1nc(N)nc(-n2cccn2)c1C. The van der Waals surface area contributed by atoms with Gasteiger partial charge in [-0.05, 0) is 19.9 Å². The Balaban J connectivity index is 2.64. The zero-order chi connectivity index (χ0) is 10.1. The van der Waals surface area contributed by atoms with Crippen LogP contribution in [0.4, 0.5) is 5.95 Å². The molecule has 2 rings (SSSR count). The summed E-state index contributed by atoms with van der Waals surface area (Å²) in [5.74, 6) is 1.01. The summed E-state index contributed by atoms with van der Waals surface area (Å²) in [6.07, 6.45) is 3.53. The van der Waals surface area contributed by atoms with Crippen molar-refractivity contribution in [1.29, 1.82) is 0 Å². The van der Waals surface area contributed by atoms with E-state index in [1.54, 1.807) is 10.9 Å². The summed E-state index contributed by atoms with van der Waals surface area (Å²) in [5, 5.41) is 4.10. The molecule has 0 atom stereocenters. The van der Waals surface area contributed by atoms with Crippen molar-refractivity contribution in [3.63, 3.8) is 0 Å². The number of aryl methyl sites for hydroxylation is 1. The minimum absolute atomic E-state index is 0.276. The van der Waals surface area contributed by atoms with Crippen LogP contribution in [0.25, 0.3) is 5.82 Å². The smallest absolute Gasteiger partial charge is 0.222 e. The third-order valence-corrected chi connectivity index (χ3v) is 2.10. The maximum absolute atomic E-state index is 5.57. The van der Waals surface area contributed by atoms with Gasteiger partial charge in [0.1, 0.15) is 0 Å². The fourth-order valence-corrected chi connectivity index (χ4v) is 1.25. The first-order chi connectivity index (χ1) is 6.68. The Morgan fingerprint density at radius 3 is 2.71 bits per heavy atom. The molecule has 0 bridgehead atoms. The Hall–Kier alpha value is -1.91. The van der Waals surface area contributed by atoms with Gasteiger partial charge < -0.3 is 5.73 Å². The summed E-state index contributed by atoms with van der Waals surface area (Å²) in [5.41, 5.74) is 7.44. The number of nitrogens with two attached hydrogens (primary N) is 1. The molecule has 0 amide bonds. The van der Waals surface area contributed by atoms with Gasteiger partial charge in [-0.3, -0.25) is 0 Å². The quantitative estimate of drug-likeness (QED) is 0.722. The highest BCUT2D eigenvalue weighted by atomic mass is 15.3. The van der Waals surface area contributed by atoms with Crippen molar-refractivity contribution in [2.45, 2.75) is 13.8 Å². The van der Waals surface area contributed by atoms with Gasteiger partial charge in [0.15, 0.2) is 5.82 Å². The molecule has 0 radical (unpaired) electrons. The molecule has 2 heterocycles. The summed E-state index contributed by atoms with van der Waals surface area (Å²) >= 11 is 0. The Kier molecular flexibility index (Phi) is 1.92. The molecule has 72 valence electrons. The number of anilines is 1. The van der Waals surface area contributed by atoms with Crippen LogP contribution in [0.1, 0.15) is 11.3 Å². The summed E-state index contributed by atoms with van der Waals surface area (Å²) in [7, 11) is 0. The minimum Gasteiger partial charge on any atom is -0.368 e. The molecule has 5 heteroatoms. The zero-order valence-electron chi connectivity index (χ0n) is 8.10. The first kappa shape index (κ1) is 8.68. The van der Waals surface area contributed by atoms with Gasteiger partial charge in [-0.15, -0.1) is 0 Å². The highest BCUT2D eigenvalue weighted by molar-refractivity contribution is 5.39. The monoisotopic (exact) mass is 189 g/mol. The molecule has 5 nitrogen and oxygen atoms in total. The van der Waals surface area contributed by atoms with E-state index in [1.165, 1.54) is 0 Å². The van der Waals surface area contributed by atoms with Gasteiger partial charge in [0.05, 0.1) is 0 Å². The molecule has 0 aliphatic heterocycles. The number of aromatic nitrogens is 4. The van der Waals surface area contributed by atoms with Crippen LogP contribution in [0.2, 0.25) is 0 Å². The van der Waals surface area contributed by atoms with Crippen molar-refractivity contribution in [2.24, 2.45) is 0 Å². The lowest BCUT2D eigenvalue weighted by molar-refractivity contribution is 0.827. The van der Waals surface area contributed by atoms with Gasteiger partial charge in [-0.1, -0.05) is 0 Å².